The molecule has 0 bridgehead atoms. The summed E-state index contributed by atoms with van der Waals surface area (Å²) in [5.74, 6) is 0.406. The van der Waals surface area contributed by atoms with Crippen molar-refractivity contribution < 1.29 is 8.78 Å². The van der Waals surface area contributed by atoms with Gasteiger partial charge in [0, 0.05) is 18.3 Å². The Balaban J connectivity index is 2.30. The number of alkyl halides is 3. The van der Waals surface area contributed by atoms with Gasteiger partial charge in [0.2, 0.25) is 0 Å². The van der Waals surface area contributed by atoms with Crippen molar-refractivity contribution >= 4 is 22.9 Å². The van der Waals surface area contributed by atoms with Crippen molar-refractivity contribution in [3.63, 3.8) is 0 Å². The fourth-order valence-corrected chi connectivity index (χ4v) is 2.15. The van der Waals surface area contributed by atoms with E-state index in [9.17, 15) is 8.78 Å². The predicted molar refractivity (Wildman–Crippen MR) is 58.9 cm³/mol. The zero-order chi connectivity index (χ0) is 11.3. The summed E-state index contributed by atoms with van der Waals surface area (Å²) in [6, 6.07) is 0. The first kappa shape index (κ1) is 12.8. The summed E-state index contributed by atoms with van der Waals surface area (Å²) in [4.78, 5) is 5.86. The molecule has 0 aromatic carbocycles. The van der Waals surface area contributed by atoms with Crippen molar-refractivity contribution in [1.82, 2.24) is 9.88 Å². The molecule has 2 nitrogen and oxygen atoms in total. The van der Waals surface area contributed by atoms with Crippen molar-refractivity contribution in [1.29, 1.82) is 0 Å². The first-order valence-corrected chi connectivity index (χ1v) is 5.99. The zero-order valence-corrected chi connectivity index (χ0v) is 9.99. The van der Waals surface area contributed by atoms with E-state index in [1.165, 1.54) is 11.3 Å². The van der Waals surface area contributed by atoms with Crippen LogP contribution in [0.3, 0.4) is 0 Å². The Morgan fingerprint density at radius 2 is 2.33 bits per heavy atom. The van der Waals surface area contributed by atoms with Crippen molar-refractivity contribution in [3.8, 4) is 0 Å². The minimum atomic E-state index is -2.27. The van der Waals surface area contributed by atoms with Gasteiger partial charge in [-0.3, -0.25) is 0 Å². The lowest BCUT2D eigenvalue weighted by Crippen LogP contribution is -2.26. The molecule has 0 aliphatic rings. The quantitative estimate of drug-likeness (QED) is 0.726. The van der Waals surface area contributed by atoms with Crippen LogP contribution in [0.5, 0.6) is 0 Å². The van der Waals surface area contributed by atoms with Gasteiger partial charge in [0.25, 0.3) is 6.43 Å². The molecule has 1 aromatic heterocycles. The first-order chi connectivity index (χ1) is 7.11. The molecule has 0 unspecified atom stereocenters. The Kier molecular flexibility index (Phi) is 5.42. The molecule has 6 heteroatoms. The van der Waals surface area contributed by atoms with Crippen LogP contribution in [0.4, 0.5) is 8.78 Å². The molecule has 0 saturated carbocycles. The van der Waals surface area contributed by atoms with Gasteiger partial charge in [0.15, 0.2) is 0 Å². The molecule has 0 fully saturated rings. The molecule has 86 valence electrons. The van der Waals surface area contributed by atoms with E-state index in [2.05, 4.69) is 4.98 Å². The van der Waals surface area contributed by atoms with Gasteiger partial charge in [-0.05, 0) is 7.05 Å². The Morgan fingerprint density at radius 1 is 1.60 bits per heavy atom. The van der Waals surface area contributed by atoms with E-state index in [-0.39, 0.29) is 6.54 Å². The van der Waals surface area contributed by atoms with Gasteiger partial charge in [-0.15, -0.1) is 22.9 Å². The second kappa shape index (κ2) is 6.35. The van der Waals surface area contributed by atoms with E-state index in [4.69, 9.17) is 11.6 Å². The average Bonchev–Trinajstić information content (AvgIpc) is 2.61. The summed E-state index contributed by atoms with van der Waals surface area (Å²) < 4.78 is 24.0. The lowest BCUT2D eigenvalue weighted by atomic mass is 10.4. The Labute approximate surface area is 96.9 Å². The minimum absolute atomic E-state index is 0.187. The fraction of sp³-hybridized carbons (Fsp3) is 0.667. The van der Waals surface area contributed by atoms with Crippen LogP contribution in [0.1, 0.15) is 10.7 Å². The molecule has 15 heavy (non-hydrogen) atoms. The molecule has 1 aromatic rings. The van der Waals surface area contributed by atoms with Gasteiger partial charge in [0.1, 0.15) is 0 Å². The van der Waals surface area contributed by atoms with Crippen LogP contribution in [0, 0.1) is 0 Å². The molecular weight excluding hydrogens is 242 g/mol. The van der Waals surface area contributed by atoms with E-state index in [1.807, 2.05) is 5.38 Å². The second-order valence-electron chi connectivity index (χ2n) is 3.27. The summed E-state index contributed by atoms with van der Waals surface area (Å²) >= 11 is 7.13. The highest BCUT2D eigenvalue weighted by molar-refractivity contribution is 7.09. The number of nitrogens with zero attached hydrogens (tertiary/aromatic N) is 2. The van der Waals surface area contributed by atoms with E-state index in [1.54, 1.807) is 11.9 Å². The largest absolute Gasteiger partial charge is 0.300 e. The highest BCUT2D eigenvalue weighted by Crippen LogP contribution is 2.12. The molecule has 0 aliphatic carbocycles. The smallest absolute Gasteiger partial charge is 0.251 e. The fourth-order valence-electron chi connectivity index (χ4n) is 1.14. The summed E-state index contributed by atoms with van der Waals surface area (Å²) in [6.07, 6.45) is -1.57. The van der Waals surface area contributed by atoms with Crippen LogP contribution in [0.15, 0.2) is 5.38 Å². The van der Waals surface area contributed by atoms with Crippen molar-refractivity contribution in [2.24, 2.45) is 0 Å². The maximum absolute atomic E-state index is 12.0. The summed E-state index contributed by atoms with van der Waals surface area (Å²) in [5, 5.41) is 2.85. The van der Waals surface area contributed by atoms with E-state index in [0.717, 1.165) is 10.7 Å². The highest BCUT2D eigenvalue weighted by Gasteiger charge is 2.08. The van der Waals surface area contributed by atoms with Gasteiger partial charge < -0.3 is 4.90 Å². The van der Waals surface area contributed by atoms with Crippen LogP contribution in [-0.4, -0.2) is 36.4 Å². The number of hydrogen-bond acceptors (Lipinski definition) is 3. The predicted octanol–water partition coefficient (Wildman–Crippen LogP) is 2.62. The third kappa shape index (κ3) is 4.86. The highest BCUT2D eigenvalue weighted by atomic mass is 35.5. The zero-order valence-electron chi connectivity index (χ0n) is 8.42. The van der Waals surface area contributed by atoms with Gasteiger partial charge in [-0.2, -0.15) is 0 Å². The number of halogens is 3. The molecule has 1 heterocycles. The van der Waals surface area contributed by atoms with Crippen LogP contribution in [0.25, 0.3) is 0 Å². The summed E-state index contributed by atoms with van der Waals surface area (Å²) in [7, 11) is 1.68. The number of hydrogen-bond donors (Lipinski definition) is 0. The SMILES string of the molecule is CN(CCc1nc(CCl)cs1)CC(F)F. The monoisotopic (exact) mass is 254 g/mol. The number of rotatable bonds is 6. The van der Waals surface area contributed by atoms with Gasteiger partial charge in [-0.1, -0.05) is 0 Å². The van der Waals surface area contributed by atoms with E-state index >= 15 is 0 Å². The van der Waals surface area contributed by atoms with Crippen molar-refractivity contribution in [2.45, 2.75) is 18.7 Å². The van der Waals surface area contributed by atoms with Gasteiger partial charge in [-0.25, -0.2) is 13.8 Å². The van der Waals surface area contributed by atoms with Crippen LogP contribution >= 0.6 is 22.9 Å². The minimum Gasteiger partial charge on any atom is -0.300 e. The molecule has 1 rings (SSSR count). The molecule has 0 saturated heterocycles. The van der Waals surface area contributed by atoms with E-state index in [0.29, 0.717) is 18.8 Å². The Bertz CT molecular complexity index is 293. The maximum atomic E-state index is 12.0. The van der Waals surface area contributed by atoms with Crippen LogP contribution in [-0.2, 0) is 12.3 Å². The number of likely N-dealkylation sites (N-methyl/N-ethyl adjacent to an activating group) is 1. The third-order valence-corrected chi connectivity index (χ3v) is 3.12. The molecule has 0 aliphatic heterocycles. The lowest BCUT2D eigenvalue weighted by molar-refractivity contribution is 0.101. The standard InChI is InChI=1S/C9H13ClF2N2S/c1-14(5-8(11)12)3-2-9-13-7(4-10)6-15-9/h6,8H,2-5H2,1H3. The lowest BCUT2D eigenvalue weighted by Gasteiger charge is -2.14. The molecule has 0 N–H and O–H groups in total. The van der Waals surface area contributed by atoms with Crippen LogP contribution in [0.2, 0.25) is 0 Å². The molecular formula is C9H13ClF2N2S. The first-order valence-electron chi connectivity index (χ1n) is 4.57. The number of thiazole rings is 1. The molecule has 0 amide bonds. The second-order valence-corrected chi connectivity index (χ2v) is 4.48. The topological polar surface area (TPSA) is 16.1 Å². The third-order valence-electron chi connectivity index (χ3n) is 1.89. The summed E-state index contributed by atoms with van der Waals surface area (Å²) in [5.41, 5.74) is 0.855. The molecule has 0 radical (unpaired) electrons. The molecule has 0 atom stereocenters. The van der Waals surface area contributed by atoms with Crippen molar-refractivity contribution in [2.75, 3.05) is 20.1 Å². The summed E-state index contributed by atoms with van der Waals surface area (Å²) in [6.45, 7) is 0.410. The van der Waals surface area contributed by atoms with Crippen molar-refractivity contribution in [3.05, 3.63) is 16.1 Å². The number of aromatic nitrogens is 1. The molecule has 0 spiro atoms. The van der Waals surface area contributed by atoms with E-state index < -0.39 is 6.43 Å². The average molecular weight is 255 g/mol. The van der Waals surface area contributed by atoms with Gasteiger partial charge in [0.05, 0.1) is 23.1 Å². The Hall–Kier alpha value is -0.260. The van der Waals surface area contributed by atoms with Crippen LogP contribution < -0.4 is 0 Å². The van der Waals surface area contributed by atoms with Gasteiger partial charge >= 0.3 is 0 Å². The normalized spacial score (nSPS) is 11.6. The Morgan fingerprint density at radius 3 is 2.87 bits per heavy atom. The maximum Gasteiger partial charge on any atom is 0.251 e.